The van der Waals surface area contributed by atoms with Crippen molar-refractivity contribution in [3.8, 4) is 5.75 Å². The van der Waals surface area contributed by atoms with Gasteiger partial charge in [-0.05, 0) is 31.0 Å². The summed E-state index contributed by atoms with van der Waals surface area (Å²) in [4.78, 5) is 14.7. The van der Waals surface area contributed by atoms with Crippen LogP contribution in [0.5, 0.6) is 5.75 Å². The van der Waals surface area contributed by atoms with E-state index in [1.54, 1.807) is 0 Å². The number of carbonyl (C=O) groups is 1. The minimum atomic E-state index is -0.426. The number of carbonyl (C=O) groups excluding carboxylic acids is 1. The average Bonchev–Trinajstić information content (AvgIpc) is 2.55. The van der Waals surface area contributed by atoms with Gasteiger partial charge in [-0.2, -0.15) is 0 Å². The highest BCUT2D eigenvalue weighted by Gasteiger charge is 2.22. The fraction of sp³-hybridized carbons (Fsp3) is 0.632. The summed E-state index contributed by atoms with van der Waals surface area (Å²) in [5.74, 6) is 0.755. The Labute approximate surface area is 145 Å². The van der Waals surface area contributed by atoms with Crippen LogP contribution in [0, 0.1) is 5.41 Å². The molecule has 5 nitrogen and oxygen atoms in total. The van der Waals surface area contributed by atoms with Crippen LogP contribution in [0.25, 0.3) is 0 Å². The van der Waals surface area contributed by atoms with Crippen molar-refractivity contribution in [3.05, 3.63) is 23.8 Å². The van der Waals surface area contributed by atoms with E-state index < -0.39 is 5.41 Å². The first-order valence-corrected chi connectivity index (χ1v) is 8.90. The normalized spacial score (nSPS) is 16.0. The fourth-order valence-corrected chi connectivity index (χ4v) is 2.63. The highest BCUT2D eigenvalue weighted by Crippen LogP contribution is 2.28. The van der Waals surface area contributed by atoms with Gasteiger partial charge in [-0.3, -0.25) is 4.79 Å². The van der Waals surface area contributed by atoms with Crippen molar-refractivity contribution in [2.75, 3.05) is 44.6 Å². The van der Waals surface area contributed by atoms with Crippen LogP contribution in [0.1, 0.15) is 33.3 Å². The van der Waals surface area contributed by atoms with Crippen LogP contribution in [0.4, 0.5) is 5.69 Å². The van der Waals surface area contributed by atoms with Crippen LogP contribution in [-0.2, 0) is 11.2 Å². The lowest BCUT2D eigenvalue weighted by atomic mass is 9.95. The molecule has 0 aliphatic carbocycles. The largest absolute Gasteiger partial charge is 0.492 e. The summed E-state index contributed by atoms with van der Waals surface area (Å²) >= 11 is 0. The van der Waals surface area contributed by atoms with Crippen molar-refractivity contribution in [1.82, 2.24) is 10.2 Å². The first kappa shape index (κ1) is 18.7. The lowest BCUT2D eigenvalue weighted by Gasteiger charge is -2.27. The number of nitrogens with zero attached hydrogens (tertiary/aromatic N) is 1. The van der Waals surface area contributed by atoms with E-state index in [1.807, 2.05) is 33.8 Å². The molecule has 1 saturated heterocycles. The molecule has 0 aromatic heterocycles. The minimum absolute atomic E-state index is 0.00276. The number of rotatable bonds is 6. The summed E-state index contributed by atoms with van der Waals surface area (Å²) in [5, 5.41) is 6.36. The first-order chi connectivity index (χ1) is 11.4. The summed E-state index contributed by atoms with van der Waals surface area (Å²) < 4.78 is 5.74. The molecule has 1 amide bonds. The Kier molecular flexibility index (Phi) is 6.63. The van der Waals surface area contributed by atoms with Crippen LogP contribution < -0.4 is 15.4 Å². The molecule has 0 unspecified atom stereocenters. The van der Waals surface area contributed by atoms with Crippen LogP contribution in [0.2, 0.25) is 0 Å². The molecule has 1 aliphatic heterocycles. The average molecular weight is 333 g/mol. The topological polar surface area (TPSA) is 53.6 Å². The van der Waals surface area contributed by atoms with Crippen molar-refractivity contribution >= 4 is 11.6 Å². The van der Waals surface area contributed by atoms with Crippen LogP contribution >= 0.6 is 0 Å². The van der Waals surface area contributed by atoms with E-state index in [0.29, 0.717) is 6.61 Å². The third kappa shape index (κ3) is 5.49. The minimum Gasteiger partial charge on any atom is -0.492 e. The van der Waals surface area contributed by atoms with E-state index >= 15 is 0 Å². The highest BCUT2D eigenvalue weighted by molar-refractivity contribution is 5.95. The van der Waals surface area contributed by atoms with Gasteiger partial charge in [0.2, 0.25) is 5.91 Å². The van der Waals surface area contributed by atoms with Gasteiger partial charge in [0.1, 0.15) is 5.75 Å². The Bertz CT molecular complexity index is 546. The molecule has 0 bridgehead atoms. The third-order valence-corrected chi connectivity index (χ3v) is 4.20. The molecule has 134 valence electrons. The van der Waals surface area contributed by atoms with Crippen LogP contribution in [-0.4, -0.2) is 50.1 Å². The lowest BCUT2D eigenvalue weighted by Crippen LogP contribution is -2.44. The number of hydrogen-bond donors (Lipinski definition) is 2. The maximum Gasteiger partial charge on any atom is 0.229 e. The molecule has 24 heavy (non-hydrogen) atoms. The molecule has 2 rings (SSSR count). The van der Waals surface area contributed by atoms with Crippen molar-refractivity contribution < 1.29 is 9.53 Å². The quantitative estimate of drug-likeness (QED) is 0.840. The van der Waals surface area contributed by atoms with Crippen LogP contribution in [0.3, 0.4) is 0 Å². The Morgan fingerprint density at radius 1 is 1.29 bits per heavy atom. The van der Waals surface area contributed by atoms with E-state index in [-0.39, 0.29) is 5.91 Å². The molecule has 1 fully saturated rings. The zero-order valence-corrected chi connectivity index (χ0v) is 15.4. The first-order valence-electron chi connectivity index (χ1n) is 8.90. The van der Waals surface area contributed by atoms with Crippen molar-refractivity contribution in [1.29, 1.82) is 0 Å². The van der Waals surface area contributed by atoms with E-state index in [1.165, 1.54) is 5.56 Å². The Morgan fingerprint density at radius 3 is 2.62 bits per heavy atom. The smallest absolute Gasteiger partial charge is 0.229 e. The highest BCUT2D eigenvalue weighted by atomic mass is 16.5. The molecule has 1 aromatic carbocycles. The molecule has 1 aromatic rings. The van der Waals surface area contributed by atoms with Crippen LogP contribution in [0.15, 0.2) is 18.2 Å². The fourth-order valence-electron chi connectivity index (χ4n) is 2.63. The van der Waals surface area contributed by atoms with E-state index in [0.717, 1.165) is 50.6 Å². The van der Waals surface area contributed by atoms with E-state index in [4.69, 9.17) is 4.74 Å². The van der Waals surface area contributed by atoms with Gasteiger partial charge >= 0.3 is 0 Å². The lowest BCUT2D eigenvalue weighted by molar-refractivity contribution is -0.123. The molecule has 0 saturated carbocycles. The van der Waals surface area contributed by atoms with E-state index in [9.17, 15) is 4.79 Å². The number of ether oxygens (including phenoxy) is 1. The maximum atomic E-state index is 12.2. The summed E-state index contributed by atoms with van der Waals surface area (Å²) in [6.07, 6.45) is 0.994. The molecule has 1 aliphatic rings. The monoisotopic (exact) mass is 333 g/mol. The van der Waals surface area contributed by atoms with Gasteiger partial charge < -0.3 is 20.3 Å². The SMILES string of the molecule is CCOc1cc(CCN2CCNCC2)ccc1NC(=O)C(C)(C)C. The van der Waals surface area contributed by atoms with Gasteiger partial charge in [0.25, 0.3) is 0 Å². The van der Waals surface area contributed by atoms with Crippen molar-refractivity contribution in [3.63, 3.8) is 0 Å². The second-order valence-electron chi connectivity index (χ2n) is 7.31. The van der Waals surface area contributed by atoms with Crippen molar-refractivity contribution in [2.24, 2.45) is 5.41 Å². The zero-order valence-electron chi connectivity index (χ0n) is 15.4. The third-order valence-electron chi connectivity index (χ3n) is 4.20. The zero-order chi connectivity index (χ0) is 17.6. The maximum absolute atomic E-state index is 12.2. The molecule has 5 heteroatoms. The molecule has 1 heterocycles. The predicted octanol–water partition coefficient (Wildman–Crippen LogP) is 2.52. The summed E-state index contributed by atoms with van der Waals surface area (Å²) in [7, 11) is 0. The molecular formula is C19H31N3O2. The second-order valence-corrected chi connectivity index (χ2v) is 7.31. The van der Waals surface area contributed by atoms with Gasteiger partial charge in [0, 0.05) is 38.1 Å². The second kappa shape index (κ2) is 8.49. The summed E-state index contributed by atoms with van der Waals surface area (Å²) in [6.45, 7) is 13.7. The summed E-state index contributed by atoms with van der Waals surface area (Å²) in [6, 6.07) is 6.11. The number of amides is 1. The molecule has 0 radical (unpaired) electrons. The number of benzene rings is 1. The summed E-state index contributed by atoms with van der Waals surface area (Å²) in [5.41, 5.74) is 1.57. The number of nitrogens with one attached hydrogen (secondary N) is 2. The van der Waals surface area contributed by atoms with Gasteiger partial charge in [-0.15, -0.1) is 0 Å². The van der Waals surface area contributed by atoms with E-state index in [2.05, 4.69) is 27.7 Å². The van der Waals surface area contributed by atoms with Gasteiger partial charge in [0.15, 0.2) is 0 Å². The Morgan fingerprint density at radius 2 is 2.00 bits per heavy atom. The van der Waals surface area contributed by atoms with Gasteiger partial charge in [-0.1, -0.05) is 26.8 Å². The number of anilines is 1. The standard InChI is InChI=1S/C19H31N3O2/c1-5-24-17-14-15(8-11-22-12-9-20-10-13-22)6-7-16(17)21-18(23)19(2,3)4/h6-7,14,20H,5,8-13H2,1-4H3,(H,21,23). The molecule has 0 atom stereocenters. The molecular weight excluding hydrogens is 302 g/mol. The Hall–Kier alpha value is -1.59. The van der Waals surface area contributed by atoms with Gasteiger partial charge in [0.05, 0.1) is 12.3 Å². The predicted molar refractivity (Wildman–Crippen MR) is 98.7 cm³/mol. The van der Waals surface area contributed by atoms with Crippen molar-refractivity contribution in [2.45, 2.75) is 34.1 Å². The molecule has 2 N–H and O–H groups in total. The molecule has 0 spiro atoms. The Balaban J connectivity index is 2.03. The number of piperazine rings is 1. The van der Waals surface area contributed by atoms with Gasteiger partial charge in [-0.25, -0.2) is 0 Å². The number of hydrogen-bond acceptors (Lipinski definition) is 4.